The Morgan fingerprint density at radius 2 is 1.67 bits per heavy atom. The molecule has 4 nitrogen and oxygen atoms in total. The third-order valence-electron chi connectivity index (χ3n) is 4.06. The number of carbonyl (C=O) groups excluding carboxylic acids is 1. The molecule has 116 valence electrons. The minimum atomic E-state index is -0.173. The molecule has 0 saturated carbocycles. The fraction of sp³-hybridized carbons (Fsp3) is 0.588. The number of carbonyl (C=O) groups is 1. The lowest BCUT2D eigenvalue weighted by Gasteiger charge is -2.25. The first kappa shape index (κ1) is 15.7. The molecule has 0 aromatic heterocycles. The lowest BCUT2D eigenvalue weighted by Crippen LogP contribution is -2.41. The van der Waals surface area contributed by atoms with Crippen LogP contribution in [0.4, 0.5) is 11.4 Å². The van der Waals surface area contributed by atoms with Gasteiger partial charge in [0.2, 0.25) is 5.91 Å². The van der Waals surface area contributed by atoms with Crippen LogP contribution in [-0.4, -0.2) is 44.0 Å². The van der Waals surface area contributed by atoms with Gasteiger partial charge in [0.15, 0.2) is 0 Å². The Morgan fingerprint density at radius 3 is 2.19 bits per heavy atom. The predicted molar refractivity (Wildman–Crippen MR) is 88.9 cm³/mol. The van der Waals surface area contributed by atoms with Crippen LogP contribution < -0.4 is 10.2 Å². The lowest BCUT2D eigenvalue weighted by atomic mass is 10.2. The largest absolute Gasteiger partial charge is 0.378 e. The SMILES string of the molecule is CC(Nc1ccc(N(C)C)cc1)C(=O)N1CCCCCC1. The quantitative estimate of drug-likeness (QED) is 0.925. The van der Waals surface area contributed by atoms with Gasteiger partial charge in [0, 0.05) is 38.6 Å². The molecule has 21 heavy (non-hydrogen) atoms. The molecular weight excluding hydrogens is 262 g/mol. The highest BCUT2D eigenvalue weighted by Gasteiger charge is 2.21. The first-order valence-corrected chi connectivity index (χ1v) is 7.90. The standard InChI is InChI=1S/C17H27N3O/c1-14(17(21)20-12-6-4-5-7-13-20)18-15-8-10-16(11-9-15)19(2)3/h8-11,14,18H,4-7,12-13H2,1-3H3. The zero-order chi connectivity index (χ0) is 15.2. The Hall–Kier alpha value is -1.71. The van der Waals surface area contributed by atoms with Gasteiger partial charge < -0.3 is 15.1 Å². The van der Waals surface area contributed by atoms with E-state index in [2.05, 4.69) is 22.3 Å². The van der Waals surface area contributed by atoms with Gasteiger partial charge >= 0.3 is 0 Å². The normalized spacial score (nSPS) is 17.0. The Kier molecular flexibility index (Phi) is 5.48. The number of nitrogens with zero attached hydrogens (tertiary/aromatic N) is 2. The molecule has 1 aromatic carbocycles. The number of nitrogens with one attached hydrogen (secondary N) is 1. The predicted octanol–water partition coefficient (Wildman–Crippen LogP) is 2.96. The molecule has 1 heterocycles. The molecule has 0 aliphatic carbocycles. The summed E-state index contributed by atoms with van der Waals surface area (Å²) in [7, 11) is 4.04. The average molecular weight is 289 g/mol. The van der Waals surface area contributed by atoms with Crippen LogP contribution in [0.5, 0.6) is 0 Å². The molecule has 0 bridgehead atoms. The van der Waals surface area contributed by atoms with E-state index in [0.717, 1.165) is 37.3 Å². The second-order valence-corrected chi connectivity index (χ2v) is 6.05. The van der Waals surface area contributed by atoms with Gasteiger partial charge in [0.25, 0.3) is 0 Å². The van der Waals surface area contributed by atoms with E-state index >= 15 is 0 Å². The summed E-state index contributed by atoms with van der Waals surface area (Å²) in [5, 5.41) is 3.32. The molecule has 1 aliphatic rings. The Balaban J connectivity index is 1.93. The number of rotatable bonds is 4. The highest BCUT2D eigenvalue weighted by molar-refractivity contribution is 5.84. The molecule has 1 aliphatic heterocycles. The molecule has 1 saturated heterocycles. The van der Waals surface area contributed by atoms with Crippen molar-refractivity contribution >= 4 is 17.3 Å². The van der Waals surface area contributed by atoms with Crippen LogP contribution >= 0.6 is 0 Å². The van der Waals surface area contributed by atoms with Crippen molar-refractivity contribution in [3.05, 3.63) is 24.3 Å². The Bertz CT molecular complexity index is 448. The molecule has 1 unspecified atom stereocenters. The number of anilines is 2. The van der Waals surface area contributed by atoms with Crippen molar-refractivity contribution in [1.82, 2.24) is 4.90 Å². The van der Waals surface area contributed by atoms with Crippen LogP contribution in [-0.2, 0) is 4.79 Å². The Morgan fingerprint density at radius 1 is 1.10 bits per heavy atom. The van der Waals surface area contributed by atoms with Gasteiger partial charge in [-0.3, -0.25) is 4.79 Å². The van der Waals surface area contributed by atoms with Gasteiger partial charge in [-0.2, -0.15) is 0 Å². The topological polar surface area (TPSA) is 35.6 Å². The van der Waals surface area contributed by atoms with Crippen molar-refractivity contribution in [1.29, 1.82) is 0 Å². The van der Waals surface area contributed by atoms with Crippen molar-refractivity contribution in [3.63, 3.8) is 0 Å². The molecule has 4 heteroatoms. The maximum atomic E-state index is 12.5. The van der Waals surface area contributed by atoms with Gasteiger partial charge in [-0.05, 0) is 44.0 Å². The van der Waals surface area contributed by atoms with Crippen LogP contribution in [0.3, 0.4) is 0 Å². The molecule has 0 radical (unpaired) electrons. The van der Waals surface area contributed by atoms with Gasteiger partial charge in [0.1, 0.15) is 6.04 Å². The van der Waals surface area contributed by atoms with E-state index in [1.54, 1.807) is 0 Å². The zero-order valence-corrected chi connectivity index (χ0v) is 13.4. The molecule has 1 atom stereocenters. The molecular formula is C17H27N3O. The maximum Gasteiger partial charge on any atom is 0.244 e. The summed E-state index contributed by atoms with van der Waals surface area (Å²) in [6.45, 7) is 3.77. The molecule has 2 rings (SSSR count). The minimum absolute atomic E-state index is 0.173. The highest BCUT2D eigenvalue weighted by atomic mass is 16.2. The fourth-order valence-corrected chi connectivity index (χ4v) is 2.73. The molecule has 1 aromatic rings. The maximum absolute atomic E-state index is 12.5. The second-order valence-electron chi connectivity index (χ2n) is 6.05. The first-order valence-electron chi connectivity index (χ1n) is 7.90. The van der Waals surface area contributed by atoms with E-state index in [1.807, 2.05) is 38.1 Å². The van der Waals surface area contributed by atoms with Gasteiger partial charge in [-0.15, -0.1) is 0 Å². The summed E-state index contributed by atoms with van der Waals surface area (Å²) in [4.78, 5) is 16.6. The smallest absolute Gasteiger partial charge is 0.244 e. The van der Waals surface area contributed by atoms with E-state index in [1.165, 1.54) is 12.8 Å². The zero-order valence-electron chi connectivity index (χ0n) is 13.4. The molecule has 0 spiro atoms. The van der Waals surface area contributed by atoms with Crippen LogP contribution in [0.25, 0.3) is 0 Å². The van der Waals surface area contributed by atoms with Crippen molar-refractivity contribution in [2.45, 2.75) is 38.6 Å². The van der Waals surface area contributed by atoms with Crippen molar-refractivity contribution in [2.24, 2.45) is 0 Å². The number of amides is 1. The van der Waals surface area contributed by atoms with Crippen LogP contribution in [0.2, 0.25) is 0 Å². The van der Waals surface area contributed by atoms with Crippen LogP contribution in [0.15, 0.2) is 24.3 Å². The van der Waals surface area contributed by atoms with E-state index in [9.17, 15) is 4.79 Å². The summed E-state index contributed by atoms with van der Waals surface area (Å²) >= 11 is 0. The van der Waals surface area contributed by atoms with Crippen molar-refractivity contribution < 1.29 is 4.79 Å². The third-order valence-corrected chi connectivity index (χ3v) is 4.06. The summed E-state index contributed by atoms with van der Waals surface area (Å²) in [6, 6.07) is 8.01. The minimum Gasteiger partial charge on any atom is -0.378 e. The summed E-state index contributed by atoms with van der Waals surface area (Å²) in [5.41, 5.74) is 2.16. The van der Waals surface area contributed by atoms with E-state index in [-0.39, 0.29) is 11.9 Å². The third kappa shape index (κ3) is 4.38. The van der Waals surface area contributed by atoms with E-state index in [0.29, 0.717) is 0 Å². The molecule has 1 amide bonds. The highest BCUT2D eigenvalue weighted by Crippen LogP contribution is 2.17. The van der Waals surface area contributed by atoms with Crippen molar-refractivity contribution in [2.75, 3.05) is 37.4 Å². The Labute approximate surface area is 128 Å². The number of hydrogen-bond donors (Lipinski definition) is 1. The lowest BCUT2D eigenvalue weighted by molar-refractivity contribution is -0.131. The van der Waals surface area contributed by atoms with Gasteiger partial charge in [-0.1, -0.05) is 12.8 Å². The average Bonchev–Trinajstić information content (AvgIpc) is 2.76. The van der Waals surface area contributed by atoms with Crippen LogP contribution in [0.1, 0.15) is 32.6 Å². The van der Waals surface area contributed by atoms with Crippen molar-refractivity contribution in [3.8, 4) is 0 Å². The van der Waals surface area contributed by atoms with E-state index in [4.69, 9.17) is 0 Å². The summed E-state index contributed by atoms with van der Waals surface area (Å²) in [5.74, 6) is 0.216. The second kappa shape index (κ2) is 7.34. The van der Waals surface area contributed by atoms with Gasteiger partial charge in [-0.25, -0.2) is 0 Å². The first-order chi connectivity index (χ1) is 10.1. The summed E-state index contributed by atoms with van der Waals surface area (Å²) in [6.07, 6.45) is 4.77. The monoisotopic (exact) mass is 289 g/mol. The number of hydrogen-bond acceptors (Lipinski definition) is 3. The fourth-order valence-electron chi connectivity index (χ4n) is 2.73. The van der Waals surface area contributed by atoms with Crippen LogP contribution in [0, 0.1) is 0 Å². The van der Waals surface area contributed by atoms with E-state index < -0.39 is 0 Å². The summed E-state index contributed by atoms with van der Waals surface area (Å²) < 4.78 is 0. The number of benzene rings is 1. The molecule has 1 fully saturated rings. The number of likely N-dealkylation sites (tertiary alicyclic amines) is 1. The molecule has 1 N–H and O–H groups in total. The van der Waals surface area contributed by atoms with Gasteiger partial charge in [0.05, 0.1) is 0 Å².